The number of ether oxygens (including phenoxy) is 1. The minimum atomic E-state index is -0.412. The number of aliphatic hydroxyl groups is 1. The molecule has 1 unspecified atom stereocenters. The maximum absolute atomic E-state index is 9.86. The van der Waals surface area contributed by atoms with Gasteiger partial charge >= 0.3 is 0 Å². The van der Waals surface area contributed by atoms with Gasteiger partial charge in [-0.2, -0.15) is 0 Å². The number of halogens is 1. The van der Waals surface area contributed by atoms with Gasteiger partial charge in [-0.05, 0) is 35.7 Å². The summed E-state index contributed by atoms with van der Waals surface area (Å²) in [6.45, 7) is 2.06. The van der Waals surface area contributed by atoms with Gasteiger partial charge in [-0.25, -0.2) is 0 Å². The van der Waals surface area contributed by atoms with Crippen LogP contribution in [0.1, 0.15) is 18.1 Å². The van der Waals surface area contributed by atoms with E-state index in [4.69, 9.17) is 16.3 Å². The van der Waals surface area contributed by atoms with E-state index in [1.807, 2.05) is 55.5 Å². The van der Waals surface area contributed by atoms with Gasteiger partial charge in [0.2, 0.25) is 0 Å². The highest BCUT2D eigenvalue weighted by Crippen LogP contribution is 2.33. The predicted molar refractivity (Wildman–Crippen MR) is 82.6 cm³/mol. The van der Waals surface area contributed by atoms with Crippen LogP contribution in [0.15, 0.2) is 48.5 Å². The van der Waals surface area contributed by atoms with Crippen molar-refractivity contribution in [3.8, 4) is 5.75 Å². The van der Waals surface area contributed by atoms with E-state index in [1.165, 1.54) is 0 Å². The number of benzene rings is 2. The maximum atomic E-state index is 9.86. The average Bonchev–Trinajstić information content (AvgIpc) is 2.47. The van der Waals surface area contributed by atoms with Crippen molar-refractivity contribution in [1.82, 2.24) is 0 Å². The van der Waals surface area contributed by atoms with Crippen LogP contribution in [0.4, 0.5) is 0 Å². The number of hydrogen-bond donors (Lipinski definition) is 1. The summed E-state index contributed by atoms with van der Waals surface area (Å²) >= 11 is 6.28. The van der Waals surface area contributed by atoms with Gasteiger partial charge < -0.3 is 9.84 Å². The fourth-order valence-electron chi connectivity index (χ4n) is 2.42. The molecule has 20 heavy (non-hydrogen) atoms. The molecular formula is C17H19ClO2. The Morgan fingerprint density at radius 3 is 2.55 bits per heavy atom. The lowest BCUT2D eigenvalue weighted by Gasteiger charge is -2.29. The van der Waals surface area contributed by atoms with Crippen LogP contribution >= 0.6 is 11.6 Å². The lowest BCUT2D eigenvalue weighted by atomic mass is 9.78. The van der Waals surface area contributed by atoms with Gasteiger partial charge in [-0.1, -0.05) is 48.9 Å². The minimum Gasteiger partial charge on any atom is -0.497 e. The van der Waals surface area contributed by atoms with E-state index in [0.717, 1.165) is 16.9 Å². The molecule has 106 valence electrons. The monoisotopic (exact) mass is 290 g/mol. The van der Waals surface area contributed by atoms with Crippen LogP contribution in [0.2, 0.25) is 5.02 Å². The molecule has 1 N–H and O–H groups in total. The molecule has 0 aliphatic rings. The SMILES string of the molecule is COc1cccc(CC(C)(CO)c2ccccc2Cl)c1. The number of rotatable bonds is 5. The van der Waals surface area contributed by atoms with Crippen LogP contribution in [0.5, 0.6) is 5.75 Å². The van der Waals surface area contributed by atoms with Crippen molar-refractivity contribution in [1.29, 1.82) is 0 Å². The van der Waals surface area contributed by atoms with Crippen molar-refractivity contribution in [3.05, 3.63) is 64.7 Å². The topological polar surface area (TPSA) is 29.5 Å². The number of hydrogen-bond acceptors (Lipinski definition) is 2. The lowest BCUT2D eigenvalue weighted by Crippen LogP contribution is -2.29. The zero-order valence-corrected chi connectivity index (χ0v) is 12.5. The summed E-state index contributed by atoms with van der Waals surface area (Å²) in [4.78, 5) is 0. The molecule has 0 saturated carbocycles. The third-order valence-electron chi connectivity index (χ3n) is 3.60. The van der Waals surface area contributed by atoms with E-state index in [-0.39, 0.29) is 6.61 Å². The summed E-state index contributed by atoms with van der Waals surface area (Å²) in [6.07, 6.45) is 0.699. The summed E-state index contributed by atoms with van der Waals surface area (Å²) in [5, 5.41) is 10.5. The predicted octanol–water partition coefficient (Wildman–Crippen LogP) is 3.84. The molecule has 3 heteroatoms. The molecular weight excluding hydrogens is 272 g/mol. The zero-order valence-electron chi connectivity index (χ0n) is 11.8. The molecule has 0 aliphatic heterocycles. The Balaban J connectivity index is 2.34. The Bertz CT molecular complexity index is 583. The summed E-state index contributed by atoms with van der Waals surface area (Å²) < 4.78 is 5.24. The fraction of sp³-hybridized carbons (Fsp3) is 0.294. The van der Waals surface area contributed by atoms with Crippen molar-refractivity contribution in [2.75, 3.05) is 13.7 Å². The Labute approximate surface area is 125 Å². The van der Waals surface area contributed by atoms with Gasteiger partial charge in [0, 0.05) is 10.4 Å². The van der Waals surface area contributed by atoms with Crippen molar-refractivity contribution >= 4 is 11.6 Å². The molecule has 0 spiro atoms. The highest BCUT2D eigenvalue weighted by atomic mass is 35.5. The normalized spacial score (nSPS) is 13.8. The van der Waals surface area contributed by atoms with Gasteiger partial charge in [-0.3, -0.25) is 0 Å². The number of aliphatic hydroxyl groups excluding tert-OH is 1. The van der Waals surface area contributed by atoms with E-state index in [9.17, 15) is 5.11 Å². The molecule has 0 aliphatic carbocycles. The Kier molecular flexibility index (Phi) is 4.69. The maximum Gasteiger partial charge on any atom is 0.119 e. The second-order valence-corrected chi connectivity index (χ2v) is 5.63. The largest absolute Gasteiger partial charge is 0.497 e. The molecule has 0 radical (unpaired) electrons. The van der Waals surface area contributed by atoms with E-state index in [2.05, 4.69) is 0 Å². The average molecular weight is 291 g/mol. The first kappa shape index (κ1) is 14.9. The first-order valence-electron chi connectivity index (χ1n) is 6.58. The van der Waals surface area contributed by atoms with Crippen LogP contribution in [0.25, 0.3) is 0 Å². The second kappa shape index (κ2) is 6.29. The Morgan fingerprint density at radius 2 is 1.90 bits per heavy atom. The minimum absolute atomic E-state index is 0.0357. The molecule has 0 saturated heterocycles. The summed E-state index contributed by atoms with van der Waals surface area (Å²) in [7, 11) is 1.65. The van der Waals surface area contributed by atoms with Crippen LogP contribution in [-0.4, -0.2) is 18.8 Å². The van der Waals surface area contributed by atoms with Gasteiger partial charge in [0.25, 0.3) is 0 Å². The van der Waals surface area contributed by atoms with E-state index < -0.39 is 5.41 Å². The van der Waals surface area contributed by atoms with Crippen LogP contribution in [0.3, 0.4) is 0 Å². The van der Waals surface area contributed by atoms with Gasteiger partial charge in [0.15, 0.2) is 0 Å². The van der Waals surface area contributed by atoms with Crippen molar-refractivity contribution in [2.45, 2.75) is 18.8 Å². The Hall–Kier alpha value is -1.51. The third kappa shape index (κ3) is 3.14. The van der Waals surface area contributed by atoms with Crippen molar-refractivity contribution in [3.63, 3.8) is 0 Å². The fourth-order valence-corrected chi connectivity index (χ4v) is 2.78. The zero-order chi connectivity index (χ0) is 14.6. The molecule has 2 aromatic rings. The molecule has 0 aromatic heterocycles. The molecule has 1 atom stereocenters. The summed E-state index contributed by atoms with van der Waals surface area (Å²) in [5.41, 5.74) is 1.66. The van der Waals surface area contributed by atoms with Crippen LogP contribution in [0, 0.1) is 0 Å². The van der Waals surface area contributed by atoms with Gasteiger partial charge in [0.1, 0.15) is 5.75 Å². The molecule has 0 bridgehead atoms. The first-order chi connectivity index (χ1) is 9.59. The molecule has 2 aromatic carbocycles. The molecule has 2 rings (SSSR count). The third-order valence-corrected chi connectivity index (χ3v) is 3.93. The lowest BCUT2D eigenvalue weighted by molar-refractivity contribution is 0.204. The first-order valence-corrected chi connectivity index (χ1v) is 6.95. The van der Waals surface area contributed by atoms with Gasteiger partial charge in [-0.15, -0.1) is 0 Å². The highest BCUT2D eigenvalue weighted by molar-refractivity contribution is 6.31. The van der Waals surface area contributed by atoms with E-state index >= 15 is 0 Å². The number of methoxy groups -OCH3 is 1. The Morgan fingerprint density at radius 1 is 1.15 bits per heavy atom. The standard InChI is InChI=1S/C17H19ClO2/c1-17(12-19,15-8-3-4-9-16(15)18)11-13-6-5-7-14(10-13)20-2/h3-10,19H,11-12H2,1-2H3. The highest BCUT2D eigenvalue weighted by Gasteiger charge is 2.28. The van der Waals surface area contributed by atoms with Crippen molar-refractivity contribution < 1.29 is 9.84 Å². The summed E-state index contributed by atoms with van der Waals surface area (Å²) in [6, 6.07) is 15.6. The van der Waals surface area contributed by atoms with Crippen LogP contribution in [-0.2, 0) is 11.8 Å². The summed E-state index contributed by atoms with van der Waals surface area (Å²) in [5.74, 6) is 0.821. The quantitative estimate of drug-likeness (QED) is 0.906. The second-order valence-electron chi connectivity index (χ2n) is 5.23. The van der Waals surface area contributed by atoms with Crippen molar-refractivity contribution in [2.24, 2.45) is 0 Å². The molecule has 0 heterocycles. The van der Waals surface area contributed by atoms with E-state index in [0.29, 0.717) is 11.4 Å². The van der Waals surface area contributed by atoms with Crippen LogP contribution < -0.4 is 4.74 Å². The van der Waals surface area contributed by atoms with Gasteiger partial charge in [0.05, 0.1) is 13.7 Å². The molecule has 0 amide bonds. The van der Waals surface area contributed by atoms with E-state index in [1.54, 1.807) is 7.11 Å². The molecule has 2 nitrogen and oxygen atoms in total. The molecule has 0 fully saturated rings. The smallest absolute Gasteiger partial charge is 0.119 e.